The fourth-order valence-electron chi connectivity index (χ4n) is 3.47. The highest BCUT2D eigenvalue weighted by Gasteiger charge is 2.31. The van der Waals surface area contributed by atoms with Gasteiger partial charge in [-0.05, 0) is 46.0 Å². The molecule has 4 rings (SSSR count). The van der Waals surface area contributed by atoms with E-state index in [0.717, 1.165) is 11.1 Å². The third-order valence-electron chi connectivity index (χ3n) is 4.71. The zero-order chi connectivity index (χ0) is 19.1. The molecule has 0 spiro atoms. The molecule has 3 heterocycles. The lowest BCUT2D eigenvalue weighted by atomic mass is 9.87. The topological polar surface area (TPSA) is 82.8 Å². The number of hydrogen-bond donors (Lipinski definition) is 0. The molecule has 2 aromatic heterocycles. The zero-order valence-electron chi connectivity index (χ0n) is 15.2. The van der Waals surface area contributed by atoms with Gasteiger partial charge in [-0.1, -0.05) is 26.0 Å². The van der Waals surface area contributed by atoms with Gasteiger partial charge in [0.05, 0.1) is 18.4 Å². The molecule has 3 aromatic rings. The van der Waals surface area contributed by atoms with E-state index in [1.165, 1.54) is 19.2 Å². The quantitative estimate of drug-likeness (QED) is 0.662. The van der Waals surface area contributed by atoms with Crippen LogP contribution >= 0.6 is 0 Å². The average molecular weight is 367 g/mol. The number of rotatable bonds is 3. The Hall–Kier alpha value is -3.16. The number of tetrazole rings is 1. The van der Waals surface area contributed by atoms with Gasteiger partial charge < -0.3 is 4.74 Å². The number of pyridine rings is 1. The number of hydrogen-bond acceptors (Lipinski definition) is 6. The molecule has 0 bridgehead atoms. The molecule has 0 amide bonds. The minimum atomic E-state index is -0.460. The number of esters is 1. The van der Waals surface area contributed by atoms with E-state index in [1.807, 2.05) is 13.8 Å². The minimum Gasteiger partial charge on any atom is -0.465 e. The van der Waals surface area contributed by atoms with Crippen molar-refractivity contribution in [3.8, 4) is 22.6 Å². The van der Waals surface area contributed by atoms with Gasteiger partial charge in [-0.15, -0.1) is 5.10 Å². The maximum Gasteiger partial charge on any atom is 0.340 e. The summed E-state index contributed by atoms with van der Waals surface area (Å²) in [5.41, 5.74) is 3.99. The molecular formula is C19H18FN5O2. The average Bonchev–Trinajstić information content (AvgIpc) is 3.15. The van der Waals surface area contributed by atoms with Crippen LogP contribution in [0.3, 0.4) is 0 Å². The molecule has 0 unspecified atom stereocenters. The van der Waals surface area contributed by atoms with E-state index in [1.54, 1.807) is 16.8 Å². The number of fused-ring (bicyclic) bond motifs is 3. The predicted octanol–water partition coefficient (Wildman–Crippen LogP) is 3.01. The van der Waals surface area contributed by atoms with Crippen molar-refractivity contribution in [2.75, 3.05) is 7.11 Å². The van der Waals surface area contributed by atoms with Gasteiger partial charge >= 0.3 is 5.97 Å². The molecule has 0 aliphatic carbocycles. The molecular weight excluding hydrogens is 349 g/mol. The van der Waals surface area contributed by atoms with Gasteiger partial charge in [-0.2, -0.15) is 0 Å². The van der Waals surface area contributed by atoms with E-state index in [0.29, 0.717) is 41.3 Å². The van der Waals surface area contributed by atoms with Crippen LogP contribution in [0.4, 0.5) is 4.39 Å². The van der Waals surface area contributed by atoms with Crippen molar-refractivity contribution in [2.45, 2.75) is 32.7 Å². The molecule has 8 heteroatoms. The van der Waals surface area contributed by atoms with E-state index >= 15 is 0 Å². The lowest BCUT2D eigenvalue weighted by Crippen LogP contribution is -2.20. The Bertz CT molecular complexity index is 1030. The van der Waals surface area contributed by atoms with E-state index in [-0.39, 0.29) is 11.7 Å². The first-order valence-electron chi connectivity index (χ1n) is 8.68. The Balaban J connectivity index is 2.10. The van der Waals surface area contributed by atoms with Crippen LogP contribution in [0, 0.1) is 5.82 Å². The van der Waals surface area contributed by atoms with Crippen LogP contribution in [0.15, 0.2) is 24.3 Å². The van der Waals surface area contributed by atoms with Crippen LogP contribution in [-0.4, -0.2) is 38.3 Å². The molecule has 1 aliphatic rings. The van der Waals surface area contributed by atoms with Gasteiger partial charge in [0.1, 0.15) is 11.5 Å². The van der Waals surface area contributed by atoms with Crippen LogP contribution in [0.1, 0.15) is 41.4 Å². The van der Waals surface area contributed by atoms with Crippen molar-refractivity contribution < 1.29 is 13.9 Å². The maximum atomic E-state index is 13.5. The fraction of sp³-hybridized carbons (Fsp3) is 0.316. The highest BCUT2D eigenvalue weighted by atomic mass is 19.1. The Morgan fingerprint density at radius 1 is 1.26 bits per heavy atom. The summed E-state index contributed by atoms with van der Waals surface area (Å²) in [5, 5.41) is 11.8. The second-order valence-electron chi connectivity index (χ2n) is 6.70. The Labute approximate surface area is 155 Å². The minimum absolute atomic E-state index is 0.0325. The van der Waals surface area contributed by atoms with Crippen molar-refractivity contribution in [3.63, 3.8) is 0 Å². The lowest BCUT2D eigenvalue weighted by molar-refractivity contribution is 0.0599. The maximum absolute atomic E-state index is 13.5. The third kappa shape index (κ3) is 2.77. The highest BCUT2D eigenvalue weighted by molar-refractivity contribution is 6.00. The van der Waals surface area contributed by atoms with E-state index < -0.39 is 5.97 Å². The Morgan fingerprint density at radius 2 is 2.00 bits per heavy atom. The summed E-state index contributed by atoms with van der Waals surface area (Å²) in [5.74, 6) is -0.263. The molecule has 0 radical (unpaired) electrons. The summed E-state index contributed by atoms with van der Waals surface area (Å²) in [6, 6.07) is 6.09. The highest BCUT2D eigenvalue weighted by Crippen LogP contribution is 2.39. The van der Waals surface area contributed by atoms with Gasteiger partial charge in [-0.25, -0.2) is 18.9 Å². The first-order valence-corrected chi connectivity index (χ1v) is 8.68. The Morgan fingerprint density at radius 3 is 2.67 bits per heavy atom. The van der Waals surface area contributed by atoms with Crippen LogP contribution in [-0.2, 0) is 17.7 Å². The van der Waals surface area contributed by atoms with Crippen molar-refractivity contribution in [2.24, 2.45) is 0 Å². The van der Waals surface area contributed by atoms with E-state index in [2.05, 4.69) is 15.5 Å². The normalized spacial score (nSPS) is 12.6. The standard InChI is InChI=1S/C19H18FN5O2/c1-10(2)16-15(19(26)27-3)14(11-4-6-12(20)7-5-11)13-8-9-25-18(17(13)21-16)22-23-24-25/h4-7,10H,8-9H2,1-3H3. The monoisotopic (exact) mass is 367 g/mol. The second kappa shape index (κ2) is 6.53. The number of benzene rings is 1. The number of halogens is 1. The molecule has 0 atom stereocenters. The Kier molecular flexibility index (Phi) is 4.18. The summed E-state index contributed by atoms with van der Waals surface area (Å²) in [4.78, 5) is 17.5. The second-order valence-corrected chi connectivity index (χ2v) is 6.70. The zero-order valence-corrected chi connectivity index (χ0v) is 15.2. The van der Waals surface area contributed by atoms with Crippen LogP contribution < -0.4 is 0 Å². The molecule has 1 aliphatic heterocycles. The summed E-state index contributed by atoms with van der Waals surface area (Å²) in [6.07, 6.45) is 0.607. The molecule has 0 N–H and O–H groups in total. The molecule has 7 nitrogen and oxygen atoms in total. The van der Waals surface area contributed by atoms with Crippen LogP contribution in [0.2, 0.25) is 0 Å². The first-order chi connectivity index (χ1) is 13.0. The summed E-state index contributed by atoms with van der Waals surface area (Å²) >= 11 is 0. The fourth-order valence-corrected chi connectivity index (χ4v) is 3.47. The van der Waals surface area contributed by atoms with Gasteiger partial charge in [0.2, 0.25) is 5.82 Å². The molecule has 0 saturated carbocycles. The molecule has 1 aromatic carbocycles. The number of aromatic nitrogens is 5. The number of aryl methyl sites for hydroxylation is 1. The van der Waals surface area contributed by atoms with Crippen LogP contribution in [0.25, 0.3) is 22.6 Å². The molecule has 0 saturated heterocycles. The smallest absolute Gasteiger partial charge is 0.340 e. The van der Waals surface area contributed by atoms with Gasteiger partial charge in [0.25, 0.3) is 0 Å². The van der Waals surface area contributed by atoms with Crippen LogP contribution in [0.5, 0.6) is 0 Å². The van der Waals surface area contributed by atoms with E-state index in [9.17, 15) is 9.18 Å². The SMILES string of the molecule is COC(=O)c1c(C(C)C)nc2c(c1-c1ccc(F)cc1)CCn1nnnc1-2. The predicted molar refractivity (Wildman–Crippen MR) is 95.6 cm³/mol. The van der Waals surface area contributed by atoms with Crippen molar-refractivity contribution in [3.05, 3.63) is 46.9 Å². The van der Waals surface area contributed by atoms with Crippen molar-refractivity contribution in [1.29, 1.82) is 0 Å². The number of carbonyl (C=O) groups is 1. The van der Waals surface area contributed by atoms with Crippen molar-refractivity contribution >= 4 is 5.97 Å². The molecule has 0 fully saturated rings. The van der Waals surface area contributed by atoms with Gasteiger partial charge in [0, 0.05) is 12.1 Å². The summed E-state index contributed by atoms with van der Waals surface area (Å²) < 4.78 is 20.3. The van der Waals surface area contributed by atoms with E-state index in [4.69, 9.17) is 9.72 Å². The number of methoxy groups -OCH3 is 1. The third-order valence-corrected chi connectivity index (χ3v) is 4.71. The lowest BCUT2D eigenvalue weighted by Gasteiger charge is -2.24. The summed E-state index contributed by atoms with van der Waals surface area (Å²) in [6.45, 7) is 4.50. The number of carbonyl (C=O) groups excluding carboxylic acids is 1. The number of ether oxygens (including phenoxy) is 1. The number of nitrogens with zero attached hydrogens (tertiary/aromatic N) is 5. The first kappa shape index (κ1) is 17.3. The largest absolute Gasteiger partial charge is 0.465 e. The van der Waals surface area contributed by atoms with Gasteiger partial charge in [0.15, 0.2) is 0 Å². The van der Waals surface area contributed by atoms with Crippen molar-refractivity contribution in [1.82, 2.24) is 25.2 Å². The summed E-state index contributed by atoms with van der Waals surface area (Å²) in [7, 11) is 1.35. The molecule has 138 valence electrons. The van der Waals surface area contributed by atoms with Gasteiger partial charge in [-0.3, -0.25) is 0 Å². The molecule has 27 heavy (non-hydrogen) atoms.